The number of hydrogen-bond acceptors (Lipinski definition) is 28. The molecule has 0 saturated carbocycles. The van der Waals surface area contributed by atoms with Gasteiger partial charge in [0.05, 0.1) is 25.2 Å². The Hall–Kier alpha value is -15.4. The van der Waals surface area contributed by atoms with Gasteiger partial charge in [-0.3, -0.25) is 99.6 Å². The Morgan fingerprint density at radius 2 is 0.726 bits per heavy atom. The lowest BCUT2D eigenvalue weighted by Gasteiger charge is -2.36. The zero-order valence-electron chi connectivity index (χ0n) is 74.1. The highest BCUT2D eigenvalue weighted by Crippen LogP contribution is 2.57. The third-order valence-corrected chi connectivity index (χ3v) is 22.4. The number of primary amides is 1. The van der Waals surface area contributed by atoms with Crippen molar-refractivity contribution >= 4 is 124 Å². The molecule has 14 amide bonds. The molecule has 0 radical (unpaired) electrons. The predicted octanol–water partition coefficient (Wildman–Crippen LogP) is -11.1. The highest BCUT2D eigenvalue weighted by molar-refractivity contribution is 6.03. The van der Waals surface area contributed by atoms with Gasteiger partial charge in [-0.05, 0) is 139 Å². The highest BCUT2D eigenvalue weighted by Gasteiger charge is 2.55. The number of aromatic hydroxyl groups is 2. The van der Waals surface area contributed by atoms with Crippen LogP contribution < -0.4 is 147 Å². The normalized spacial score (nSPS) is 18.2. The molecule has 3 aromatic rings. The molecule has 5 heterocycles. The quantitative estimate of drug-likeness (QED) is 0.0108. The number of nitrogens with zero attached hydrogens (tertiary/aromatic N) is 3. The van der Waals surface area contributed by atoms with Crippen molar-refractivity contribution in [2.24, 2.45) is 57.3 Å². The Balaban J connectivity index is 0.989. The van der Waals surface area contributed by atoms with Crippen LogP contribution in [0.25, 0.3) is 0 Å². The summed E-state index contributed by atoms with van der Waals surface area (Å²) in [5.41, 5.74) is 57.2. The smallest absolute Gasteiger partial charge is 0.340 e. The van der Waals surface area contributed by atoms with Crippen LogP contribution in [-0.2, 0) is 72.7 Å². The van der Waals surface area contributed by atoms with Crippen LogP contribution in [0.2, 0.25) is 0 Å². The van der Waals surface area contributed by atoms with E-state index in [1.54, 1.807) is 0 Å². The monoisotopic (exact) mass is 1890 g/mol. The van der Waals surface area contributed by atoms with Crippen molar-refractivity contribution in [3.8, 4) is 23.0 Å². The summed E-state index contributed by atoms with van der Waals surface area (Å²) in [5.74, 6) is -15.7. The maximum Gasteiger partial charge on any atom is 0.340 e. The Bertz CT molecular complexity index is 4890. The van der Waals surface area contributed by atoms with E-state index in [4.69, 9.17) is 99.3 Å². The third-order valence-electron chi connectivity index (χ3n) is 22.4. The van der Waals surface area contributed by atoms with Crippen molar-refractivity contribution in [3.63, 3.8) is 0 Å². The number of benzene rings is 3. The molecule has 3 saturated heterocycles. The molecule has 0 aromatic heterocycles. The summed E-state index contributed by atoms with van der Waals surface area (Å²) in [5, 5.41) is 109. The number of phenolic OH excluding ortho intramolecular Hbond substituents is 2. The van der Waals surface area contributed by atoms with E-state index in [1.807, 2.05) is 0 Å². The highest BCUT2D eigenvalue weighted by atomic mass is 16.6. The summed E-state index contributed by atoms with van der Waals surface area (Å²) in [6, 6.07) is -3.63. The van der Waals surface area contributed by atoms with Gasteiger partial charge in [-0.25, -0.2) is 4.79 Å². The van der Waals surface area contributed by atoms with Crippen LogP contribution in [0.3, 0.4) is 0 Å². The number of amides is 14. The fourth-order valence-electron chi connectivity index (χ4n) is 16.1. The van der Waals surface area contributed by atoms with Crippen molar-refractivity contribution in [1.29, 1.82) is 32.5 Å². The lowest BCUT2D eigenvalue weighted by atomic mass is 9.77. The van der Waals surface area contributed by atoms with E-state index in [1.165, 1.54) is 54.6 Å². The Morgan fingerprint density at radius 3 is 1.09 bits per heavy atom. The van der Waals surface area contributed by atoms with Crippen LogP contribution in [0, 0.1) is 32.5 Å². The number of carbonyl (C=O) groups excluding carboxylic acids is 15. The zero-order valence-corrected chi connectivity index (χ0v) is 74.1. The lowest BCUT2D eigenvalue weighted by Crippen LogP contribution is -2.60. The maximum atomic E-state index is 15.4. The Morgan fingerprint density at radius 1 is 0.385 bits per heavy atom. The number of rotatable bonds is 49. The van der Waals surface area contributed by atoms with Gasteiger partial charge in [0.15, 0.2) is 41.4 Å². The van der Waals surface area contributed by atoms with Crippen molar-refractivity contribution < 1.29 is 91.6 Å². The number of likely N-dealkylation sites (tertiary alicyclic amines) is 3. The summed E-state index contributed by atoms with van der Waals surface area (Å²) in [6.45, 7) is -3.03. The van der Waals surface area contributed by atoms with Crippen LogP contribution in [0.15, 0.2) is 54.6 Å². The van der Waals surface area contributed by atoms with Gasteiger partial charge in [-0.2, -0.15) is 0 Å². The van der Waals surface area contributed by atoms with Gasteiger partial charge in [-0.1, -0.05) is 0 Å². The van der Waals surface area contributed by atoms with Crippen LogP contribution in [0.5, 0.6) is 23.0 Å². The minimum atomic E-state index is -1.72. The molecule has 3 aromatic carbocycles. The van der Waals surface area contributed by atoms with E-state index in [0.29, 0.717) is 11.1 Å². The molecule has 0 unspecified atom stereocenters. The number of fused-ring (bicyclic) bond motifs is 6. The summed E-state index contributed by atoms with van der Waals surface area (Å²) in [6.07, 6.45) is -2.04. The lowest BCUT2D eigenvalue weighted by molar-refractivity contribution is -0.144. The number of phenols is 2. The number of esters is 1. The molecule has 736 valence electrons. The van der Waals surface area contributed by atoms with E-state index in [0.717, 1.165) is 14.7 Å². The maximum absolute atomic E-state index is 15.4. The average molecular weight is 1890 g/mol. The SMILES string of the molecule is N=C(N)NCCC[C@H](NC(=O)CCNC(=O)c1ccc2c(c1)C1(OC2=O)c2ccc(O)cc2Oc2cc(O)ccc21)C(=O)N[C@@H](CCCNC(=N)N)C(=O)N1C[C@@H](N)C[C@H]1C(=O)N[C@@H](CCCNC(=N)N)C(=O)N[C@@H](CCCNC(=N)N)C(=O)N1C[C@@H](N)C[C@H]1C(=O)N[C@@H](CCCNC(=N)N)C(=O)N[C@@H](CCCNC(=N)N)C(=O)N1C[C@@H](N)C[C@H]1C(=O)NCC(=O)NCC(=O)NCC(N)=O. The van der Waals surface area contributed by atoms with Gasteiger partial charge in [0.1, 0.15) is 77.4 Å². The van der Waals surface area contributed by atoms with E-state index >= 15 is 24.0 Å². The fourth-order valence-corrected chi connectivity index (χ4v) is 16.1. The molecule has 44 N–H and O–H groups in total. The first-order valence-electron chi connectivity index (χ1n) is 43.6. The standard InChI is InChI=1S/C81H123N35O19/c82-40-28-55(68(127)107-35-63(122)106-34-62(121)105-33-60(85)119)114(36-40)71(130)52(10-4-23-102-78(92)93)112-66(125)50(8-2-21-100-76(88)89)109-70(129)57-30-42(84)38-116(57)73(132)54(12-6-25-104-80(96)97)113-67(126)51(9-3-22-101-77(90)91)110-69(128)56-29-41(83)37-115(56)72(131)53(11-5-24-103-79(94)95)111-65(124)49(7-1-20-99-75(86)87)108-61(120)19-26-98-64(123)39-13-16-45-48(27-39)81(135-74(45)133)46-17-14-43(117)31-58(46)134-59-32-44(118)15-18-47(59)81/h13-18,27,31-32,40-42,49-57,117-118H,1-12,19-26,28-30,33-38,82-84H2,(H2,85,119)(H,98,123)(H,105,121)(H,106,122)(H,107,127)(H,108,120)(H,109,129)(H,110,128)(H,111,124)(H,112,125)(H,113,126)(H4,86,87,99)(H4,88,89,100)(H4,90,91,101)(H4,92,93,102)(H4,94,95,103)(H4,96,97,104)/t40-,41-,42-,49-,50-,51-,52-,53-,54-,55-,56-,57-/m0/s1. The Kier molecular flexibility index (Phi) is 38.7. The average Bonchev–Trinajstić information content (AvgIpc) is 1.58. The van der Waals surface area contributed by atoms with Gasteiger partial charge in [0, 0.05) is 124 Å². The second-order valence-corrected chi connectivity index (χ2v) is 32.9. The molecular formula is C81H123N35O19. The minimum Gasteiger partial charge on any atom is -0.508 e. The zero-order chi connectivity index (χ0) is 99.1. The fraction of sp³-hybridized carbons (Fsp3) is 0.519. The Labute approximate surface area is 773 Å². The largest absolute Gasteiger partial charge is 0.508 e. The summed E-state index contributed by atoms with van der Waals surface area (Å²) in [4.78, 5) is 215. The van der Waals surface area contributed by atoms with Gasteiger partial charge in [-0.15, -0.1) is 0 Å². The van der Waals surface area contributed by atoms with Crippen LogP contribution in [-0.4, -0.2) is 307 Å². The second-order valence-electron chi connectivity index (χ2n) is 32.9. The number of carbonyl (C=O) groups is 15. The molecule has 0 bridgehead atoms. The van der Waals surface area contributed by atoms with Gasteiger partial charge < -0.3 is 177 Å². The van der Waals surface area contributed by atoms with Gasteiger partial charge in [0.25, 0.3) is 5.91 Å². The number of ether oxygens (including phenoxy) is 2. The molecule has 135 heavy (non-hydrogen) atoms. The topological polar surface area (TPSA) is 920 Å². The molecule has 5 aliphatic heterocycles. The van der Waals surface area contributed by atoms with Crippen LogP contribution in [0.1, 0.15) is 140 Å². The van der Waals surface area contributed by atoms with Crippen LogP contribution in [0.4, 0.5) is 0 Å². The molecule has 3 fully saturated rings. The van der Waals surface area contributed by atoms with Crippen LogP contribution >= 0.6 is 0 Å². The first-order chi connectivity index (χ1) is 64.0. The summed E-state index contributed by atoms with van der Waals surface area (Å²) < 4.78 is 12.2. The van der Waals surface area contributed by atoms with E-state index in [9.17, 15) is 58.2 Å². The molecule has 54 nitrogen and oxygen atoms in total. The second kappa shape index (κ2) is 49.7. The number of hydrogen-bond donors (Lipinski definition) is 34. The molecule has 1 spiro atoms. The summed E-state index contributed by atoms with van der Waals surface area (Å²) >= 11 is 0. The van der Waals surface area contributed by atoms with Gasteiger partial charge >= 0.3 is 5.97 Å². The van der Waals surface area contributed by atoms with Crippen molar-refractivity contribution in [2.45, 2.75) is 181 Å². The number of nitrogens with two attached hydrogens (primary N) is 10. The predicted molar refractivity (Wildman–Crippen MR) is 484 cm³/mol. The van der Waals surface area contributed by atoms with Crippen molar-refractivity contribution in [2.75, 3.05) is 85.1 Å². The first kappa shape index (κ1) is 105. The minimum absolute atomic E-state index is 0.00138. The summed E-state index contributed by atoms with van der Waals surface area (Å²) in [7, 11) is 0. The van der Waals surface area contributed by atoms with E-state index in [2.05, 4.69) is 85.1 Å². The van der Waals surface area contributed by atoms with E-state index < -0.39 is 229 Å². The number of guanidine groups is 6. The molecule has 12 atom stereocenters. The van der Waals surface area contributed by atoms with Crippen molar-refractivity contribution in [3.05, 3.63) is 82.4 Å². The molecule has 0 aliphatic carbocycles. The van der Waals surface area contributed by atoms with Gasteiger partial charge in [0.2, 0.25) is 76.8 Å². The molecular weight excluding hydrogens is 1770 g/mol. The third kappa shape index (κ3) is 30.6. The molecule has 8 rings (SSSR count). The first-order valence-corrected chi connectivity index (χ1v) is 43.6. The number of nitrogens with one attached hydrogen (secondary N) is 22. The molecule has 5 aliphatic rings. The molecule has 54 heteroatoms. The van der Waals surface area contributed by atoms with Crippen molar-refractivity contribution in [1.82, 2.24) is 99.8 Å². The van der Waals surface area contributed by atoms with E-state index in [-0.39, 0.29) is 201 Å².